The van der Waals surface area contributed by atoms with Gasteiger partial charge in [0.15, 0.2) is 0 Å². The summed E-state index contributed by atoms with van der Waals surface area (Å²) in [4.78, 5) is 0. The molecule has 21 heavy (non-hydrogen) atoms. The van der Waals surface area contributed by atoms with Gasteiger partial charge in [-0.05, 0) is 56.5 Å². The van der Waals surface area contributed by atoms with Gasteiger partial charge < -0.3 is 5.32 Å². The van der Waals surface area contributed by atoms with Gasteiger partial charge in [0.25, 0.3) is 0 Å². The number of nitrogens with one attached hydrogen (secondary N) is 1. The van der Waals surface area contributed by atoms with Crippen LogP contribution in [0.2, 0.25) is 0 Å². The Balaban J connectivity index is 2.49. The lowest BCUT2D eigenvalue weighted by atomic mass is 9.93. The molecule has 0 aliphatic carbocycles. The molecule has 1 unspecified atom stereocenters. The van der Waals surface area contributed by atoms with E-state index in [-0.39, 0.29) is 6.04 Å². The fourth-order valence-corrected chi connectivity index (χ4v) is 3.19. The van der Waals surface area contributed by atoms with E-state index in [9.17, 15) is 0 Å². The molecule has 0 aliphatic heterocycles. The van der Waals surface area contributed by atoms with Crippen LogP contribution < -0.4 is 5.32 Å². The minimum Gasteiger partial charge on any atom is -0.306 e. The molecule has 0 saturated heterocycles. The lowest BCUT2D eigenvalue weighted by molar-refractivity contribution is 0.595. The smallest absolute Gasteiger partial charge is 0.0579 e. The molecule has 1 nitrogen and oxygen atoms in total. The van der Waals surface area contributed by atoms with E-state index in [1.54, 1.807) is 0 Å². The predicted molar refractivity (Wildman–Crippen MR) is 94.9 cm³/mol. The van der Waals surface area contributed by atoms with Crippen LogP contribution in [0.1, 0.15) is 47.2 Å². The average molecular weight is 346 g/mol. The summed E-state index contributed by atoms with van der Waals surface area (Å²) in [5.41, 5.74) is 6.65. The van der Waals surface area contributed by atoms with Crippen LogP contribution >= 0.6 is 15.9 Å². The molecular weight excluding hydrogens is 322 g/mol. The maximum Gasteiger partial charge on any atom is 0.0579 e. The Kier molecular flexibility index (Phi) is 5.60. The van der Waals surface area contributed by atoms with Gasteiger partial charge in [0.1, 0.15) is 0 Å². The second kappa shape index (κ2) is 7.24. The van der Waals surface area contributed by atoms with E-state index in [0.29, 0.717) is 0 Å². The third-order valence-electron chi connectivity index (χ3n) is 3.80. The van der Waals surface area contributed by atoms with E-state index in [0.717, 1.165) is 13.0 Å². The number of rotatable bonds is 5. The molecular formula is C19H24BrN. The molecule has 0 amide bonds. The first-order valence-corrected chi connectivity index (χ1v) is 8.38. The molecule has 112 valence electrons. The highest BCUT2D eigenvalue weighted by molar-refractivity contribution is 9.10. The summed E-state index contributed by atoms with van der Waals surface area (Å²) in [6.07, 6.45) is 1.13. The topological polar surface area (TPSA) is 12.0 Å². The van der Waals surface area contributed by atoms with Crippen LogP contribution in [-0.2, 0) is 0 Å². The van der Waals surface area contributed by atoms with Crippen molar-refractivity contribution < 1.29 is 0 Å². The van der Waals surface area contributed by atoms with Crippen LogP contribution in [0.4, 0.5) is 0 Å². The van der Waals surface area contributed by atoms with Crippen molar-refractivity contribution in [2.24, 2.45) is 0 Å². The Bertz CT molecular complexity index is 599. The third-order valence-corrected chi connectivity index (χ3v) is 4.66. The zero-order valence-electron chi connectivity index (χ0n) is 13.3. The van der Waals surface area contributed by atoms with Crippen LogP contribution in [0.3, 0.4) is 0 Å². The van der Waals surface area contributed by atoms with Crippen molar-refractivity contribution >= 4 is 15.9 Å². The minimum absolute atomic E-state index is 0.251. The molecule has 2 heteroatoms. The number of halogens is 1. The summed E-state index contributed by atoms with van der Waals surface area (Å²) in [5.74, 6) is 0. The summed E-state index contributed by atoms with van der Waals surface area (Å²) < 4.78 is 1.17. The highest BCUT2D eigenvalue weighted by atomic mass is 79.9. The van der Waals surface area contributed by atoms with Crippen molar-refractivity contribution in [3.63, 3.8) is 0 Å². The van der Waals surface area contributed by atoms with Crippen molar-refractivity contribution in [3.8, 4) is 0 Å². The zero-order chi connectivity index (χ0) is 15.4. The monoisotopic (exact) mass is 345 g/mol. The first kappa shape index (κ1) is 16.3. The quantitative estimate of drug-likeness (QED) is 0.758. The van der Waals surface area contributed by atoms with Crippen LogP contribution in [0, 0.1) is 20.8 Å². The molecule has 0 heterocycles. The molecule has 2 aromatic rings. The van der Waals surface area contributed by atoms with Gasteiger partial charge >= 0.3 is 0 Å². The molecule has 0 spiro atoms. The van der Waals surface area contributed by atoms with Crippen molar-refractivity contribution in [2.75, 3.05) is 6.54 Å². The van der Waals surface area contributed by atoms with Crippen molar-refractivity contribution in [1.29, 1.82) is 0 Å². The van der Waals surface area contributed by atoms with Crippen LogP contribution in [0.25, 0.3) is 0 Å². The first-order chi connectivity index (χ1) is 10.0. The molecule has 1 N–H and O–H groups in total. The van der Waals surface area contributed by atoms with Crippen LogP contribution in [0.5, 0.6) is 0 Å². The second-order valence-corrected chi connectivity index (χ2v) is 6.62. The third kappa shape index (κ3) is 3.96. The summed E-state index contributed by atoms with van der Waals surface area (Å²) in [7, 11) is 0. The molecule has 0 radical (unpaired) electrons. The predicted octanol–water partition coefficient (Wildman–Crippen LogP) is 5.46. The highest BCUT2D eigenvalue weighted by Crippen LogP contribution is 2.30. The van der Waals surface area contributed by atoms with Crippen molar-refractivity contribution in [2.45, 2.75) is 40.2 Å². The van der Waals surface area contributed by atoms with E-state index in [1.165, 1.54) is 32.3 Å². The maximum atomic E-state index is 3.70. The molecule has 0 saturated carbocycles. The molecule has 0 fully saturated rings. The van der Waals surface area contributed by atoms with Crippen LogP contribution in [-0.4, -0.2) is 6.54 Å². The van der Waals surface area contributed by atoms with Gasteiger partial charge in [-0.3, -0.25) is 0 Å². The van der Waals surface area contributed by atoms with Crippen molar-refractivity contribution in [3.05, 3.63) is 68.7 Å². The number of hydrogen-bond donors (Lipinski definition) is 1. The zero-order valence-corrected chi connectivity index (χ0v) is 14.9. The largest absolute Gasteiger partial charge is 0.306 e. The van der Waals surface area contributed by atoms with E-state index in [2.05, 4.69) is 85.3 Å². The molecule has 0 aromatic heterocycles. The molecule has 1 atom stereocenters. The Hall–Kier alpha value is -1.12. The SMILES string of the molecule is CCCNC(c1cc(C)cc(C)c1)c1cccc(Br)c1C. The van der Waals surface area contributed by atoms with Gasteiger partial charge in [-0.25, -0.2) is 0 Å². The lowest BCUT2D eigenvalue weighted by Crippen LogP contribution is -2.24. The Labute approximate surface area is 136 Å². The van der Waals surface area contributed by atoms with Gasteiger partial charge in [0.2, 0.25) is 0 Å². The first-order valence-electron chi connectivity index (χ1n) is 7.59. The maximum absolute atomic E-state index is 3.70. The fraction of sp³-hybridized carbons (Fsp3) is 0.368. The Morgan fingerprint density at radius 1 is 1.05 bits per heavy atom. The molecule has 2 aromatic carbocycles. The Morgan fingerprint density at radius 2 is 1.71 bits per heavy atom. The summed E-state index contributed by atoms with van der Waals surface area (Å²) in [6.45, 7) is 9.74. The molecule has 0 aliphatic rings. The molecule has 0 bridgehead atoms. The minimum atomic E-state index is 0.251. The second-order valence-electron chi connectivity index (χ2n) is 5.76. The standard InChI is InChI=1S/C19H24BrN/c1-5-9-21-19(16-11-13(2)10-14(3)12-16)17-7-6-8-18(20)15(17)4/h6-8,10-12,19,21H,5,9H2,1-4H3. The van der Waals surface area contributed by atoms with Gasteiger partial charge in [-0.2, -0.15) is 0 Å². The number of hydrogen-bond acceptors (Lipinski definition) is 1. The molecule has 2 rings (SSSR count). The van der Waals surface area contributed by atoms with Crippen LogP contribution in [0.15, 0.2) is 40.9 Å². The summed E-state index contributed by atoms with van der Waals surface area (Å²) >= 11 is 3.66. The van der Waals surface area contributed by atoms with E-state index in [4.69, 9.17) is 0 Å². The fourth-order valence-electron chi connectivity index (χ4n) is 2.81. The van der Waals surface area contributed by atoms with Gasteiger partial charge in [0, 0.05) is 4.47 Å². The van der Waals surface area contributed by atoms with Gasteiger partial charge in [0.05, 0.1) is 6.04 Å². The van der Waals surface area contributed by atoms with E-state index in [1.807, 2.05) is 0 Å². The number of aryl methyl sites for hydroxylation is 2. The van der Waals surface area contributed by atoms with E-state index < -0.39 is 0 Å². The Morgan fingerprint density at radius 3 is 2.33 bits per heavy atom. The van der Waals surface area contributed by atoms with Gasteiger partial charge in [-0.1, -0.05) is 64.3 Å². The normalized spacial score (nSPS) is 12.4. The van der Waals surface area contributed by atoms with Gasteiger partial charge in [-0.15, -0.1) is 0 Å². The number of benzene rings is 2. The van der Waals surface area contributed by atoms with E-state index >= 15 is 0 Å². The summed E-state index contributed by atoms with van der Waals surface area (Å²) in [6, 6.07) is 13.5. The summed E-state index contributed by atoms with van der Waals surface area (Å²) in [5, 5.41) is 3.70. The van der Waals surface area contributed by atoms with Crippen molar-refractivity contribution in [1.82, 2.24) is 5.32 Å². The average Bonchev–Trinajstić information content (AvgIpc) is 2.42. The highest BCUT2D eigenvalue weighted by Gasteiger charge is 2.17. The lowest BCUT2D eigenvalue weighted by Gasteiger charge is -2.23.